The van der Waals surface area contributed by atoms with Gasteiger partial charge in [-0.3, -0.25) is 0 Å². The number of amides is 1. The van der Waals surface area contributed by atoms with Crippen LogP contribution >= 0.6 is 0 Å². The van der Waals surface area contributed by atoms with E-state index in [2.05, 4.69) is 17.3 Å². The highest BCUT2D eigenvalue weighted by atomic mass is 16.6. The smallest absolute Gasteiger partial charge is 0.408 e. The molecule has 0 bridgehead atoms. The number of esters is 1. The van der Waals surface area contributed by atoms with Crippen LogP contribution < -0.4 is 10.1 Å². The van der Waals surface area contributed by atoms with Gasteiger partial charge in [0.25, 0.3) is 0 Å². The third-order valence-corrected chi connectivity index (χ3v) is 6.51. The Balaban J connectivity index is 1.45. The van der Waals surface area contributed by atoms with E-state index in [4.69, 9.17) is 18.9 Å². The third-order valence-electron chi connectivity index (χ3n) is 6.51. The van der Waals surface area contributed by atoms with Crippen molar-refractivity contribution >= 4 is 12.1 Å². The van der Waals surface area contributed by atoms with E-state index in [0.717, 1.165) is 62.9 Å². The van der Waals surface area contributed by atoms with E-state index in [0.29, 0.717) is 18.6 Å². The maximum absolute atomic E-state index is 12.2. The standard InChI is InChI=1S/C27H42N2O6/c1-27(2,3)35-26(31)28-24(25(30)32-5)18-19-6-8-20(9-7-19)33-21-10-12-22(13-11-21)34-23-14-16-29(4)17-15-23/h6-9,21-24H,10-18H2,1-5H3,(H,28,31)/t21?,22?,24-/m1/s1. The Labute approximate surface area is 209 Å². The van der Waals surface area contributed by atoms with Crippen LogP contribution in [0.4, 0.5) is 4.79 Å². The molecule has 0 unspecified atom stereocenters. The summed E-state index contributed by atoms with van der Waals surface area (Å²) < 4.78 is 22.7. The van der Waals surface area contributed by atoms with Crippen LogP contribution in [0.1, 0.15) is 64.9 Å². The Hall–Kier alpha value is -2.32. The fraction of sp³-hybridized carbons (Fsp3) is 0.704. The first-order chi connectivity index (χ1) is 16.6. The SMILES string of the molecule is COC(=O)[C@@H](Cc1ccc(OC2CCC(OC3CCN(C)CC3)CC2)cc1)NC(=O)OC(C)(C)C. The average Bonchev–Trinajstić information content (AvgIpc) is 2.81. The lowest BCUT2D eigenvalue weighted by molar-refractivity contribution is -0.143. The molecule has 8 nitrogen and oxygen atoms in total. The molecule has 1 amide bonds. The summed E-state index contributed by atoms with van der Waals surface area (Å²) in [5.41, 5.74) is 0.237. The van der Waals surface area contributed by atoms with Gasteiger partial charge < -0.3 is 29.2 Å². The van der Waals surface area contributed by atoms with Gasteiger partial charge in [-0.05, 0) is 84.0 Å². The molecule has 196 valence electrons. The van der Waals surface area contributed by atoms with Crippen LogP contribution in [-0.4, -0.2) is 74.2 Å². The maximum Gasteiger partial charge on any atom is 0.408 e. The minimum atomic E-state index is -0.832. The van der Waals surface area contributed by atoms with Gasteiger partial charge in [0.15, 0.2) is 0 Å². The van der Waals surface area contributed by atoms with Crippen LogP contribution in [0.5, 0.6) is 5.75 Å². The molecule has 8 heteroatoms. The third kappa shape index (κ3) is 9.33. The van der Waals surface area contributed by atoms with Crippen molar-refractivity contribution in [2.45, 2.75) is 95.7 Å². The number of rotatable bonds is 8. The van der Waals surface area contributed by atoms with Crippen molar-refractivity contribution in [3.8, 4) is 5.75 Å². The first kappa shape index (κ1) is 27.3. The highest BCUT2D eigenvalue weighted by molar-refractivity contribution is 5.81. The van der Waals surface area contributed by atoms with Crippen LogP contribution in [0.3, 0.4) is 0 Å². The number of benzene rings is 1. The average molecular weight is 491 g/mol. The second-order valence-electron chi connectivity index (χ2n) is 10.7. The summed E-state index contributed by atoms with van der Waals surface area (Å²) in [5.74, 6) is 0.290. The molecule has 3 rings (SSSR count). The van der Waals surface area contributed by atoms with E-state index in [1.807, 2.05) is 24.3 Å². The summed E-state index contributed by atoms with van der Waals surface area (Å²) in [6.07, 6.45) is 6.89. The van der Waals surface area contributed by atoms with E-state index >= 15 is 0 Å². The Morgan fingerprint density at radius 1 is 0.971 bits per heavy atom. The first-order valence-electron chi connectivity index (χ1n) is 12.8. The van der Waals surface area contributed by atoms with E-state index in [1.54, 1.807) is 20.8 Å². The predicted molar refractivity (Wildman–Crippen MR) is 134 cm³/mol. The van der Waals surface area contributed by atoms with E-state index in [-0.39, 0.29) is 6.10 Å². The van der Waals surface area contributed by atoms with Crippen LogP contribution in [-0.2, 0) is 25.4 Å². The number of methoxy groups -OCH3 is 1. The van der Waals surface area contributed by atoms with Crippen molar-refractivity contribution in [1.82, 2.24) is 10.2 Å². The molecule has 1 saturated heterocycles. The van der Waals surface area contributed by atoms with Crippen molar-refractivity contribution in [1.29, 1.82) is 0 Å². The number of carbonyl (C=O) groups excluding carboxylic acids is 2. The van der Waals surface area contributed by atoms with Gasteiger partial charge in [0, 0.05) is 19.5 Å². The second kappa shape index (κ2) is 12.6. The zero-order valence-electron chi connectivity index (χ0n) is 21.9. The molecule has 2 fully saturated rings. The zero-order valence-corrected chi connectivity index (χ0v) is 21.9. The number of likely N-dealkylation sites (tertiary alicyclic amines) is 1. The van der Waals surface area contributed by atoms with Crippen molar-refractivity contribution in [2.75, 3.05) is 27.2 Å². The zero-order chi connectivity index (χ0) is 25.4. The number of piperidine rings is 1. The molecule has 1 aliphatic carbocycles. The monoisotopic (exact) mass is 490 g/mol. The molecule has 1 saturated carbocycles. The Bertz CT molecular complexity index is 806. The maximum atomic E-state index is 12.2. The number of hydrogen-bond donors (Lipinski definition) is 1. The lowest BCUT2D eigenvalue weighted by atomic mass is 9.94. The van der Waals surface area contributed by atoms with E-state index in [1.165, 1.54) is 7.11 Å². The van der Waals surface area contributed by atoms with Gasteiger partial charge in [0.05, 0.1) is 25.4 Å². The Morgan fingerprint density at radius 3 is 2.11 bits per heavy atom. The molecule has 1 aromatic rings. The van der Waals surface area contributed by atoms with Gasteiger partial charge in [-0.2, -0.15) is 0 Å². The highest BCUT2D eigenvalue weighted by Gasteiger charge is 2.28. The van der Waals surface area contributed by atoms with Gasteiger partial charge in [0.1, 0.15) is 17.4 Å². The fourth-order valence-electron chi connectivity index (χ4n) is 4.60. The number of nitrogens with one attached hydrogen (secondary N) is 1. The summed E-state index contributed by atoms with van der Waals surface area (Å²) in [6.45, 7) is 7.56. The second-order valence-corrected chi connectivity index (χ2v) is 10.7. The topological polar surface area (TPSA) is 86.3 Å². The van der Waals surface area contributed by atoms with E-state index in [9.17, 15) is 9.59 Å². The molecule has 1 N–H and O–H groups in total. The number of hydrogen-bond acceptors (Lipinski definition) is 7. The predicted octanol–water partition coefficient (Wildman–Crippen LogP) is 4.10. The minimum Gasteiger partial charge on any atom is -0.490 e. The molecule has 1 aromatic carbocycles. The van der Waals surface area contributed by atoms with Crippen molar-refractivity contribution in [3.05, 3.63) is 29.8 Å². The number of carbonyl (C=O) groups is 2. The van der Waals surface area contributed by atoms with Gasteiger partial charge in [-0.1, -0.05) is 12.1 Å². The van der Waals surface area contributed by atoms with E-state index < -0.39 is 23.7 Å². The Morgan fingerprint density at radius 2 is 1.54 bits per heavy atom. The van der Waals surface area contributed by atoms with Gasteiger partial charge in [-0.15, -0.1) is 0 Å². The van der Waals surface area contributed by atoms with Crippen molar-refractivity contribution < 1.29 is 28.5 Å². The van der Waals surface area contributed by atoms with Crippen LogP contribution in [0.15, 0.2) is 24.3 Å². The molecule has 1 aliphatic heterocycles. The molecule has 1 atom stereocenters. The molecule has 2 aliphatic rings. The van der Waals surface area contributed by atoms with Crippen molar-refractivity contribution in [2.24, 2.45) is 0 Å². The number of ether oxygens (including phenoxy) is 4. The molecular formula is C27H42N2O6. The molecule has 35 heavy (non-hydrogen) atoms. The normalized spacial score (nSPS) is 22.8. The van der Waals surface area contributed by atoms with Gasteiger partial charge in [0.2, 0.25) is 0 Å². The summed E-state index contributed by atoms with van der Waals surface area (Å²) in [5, 5.41) is 2.61. The van der Waals surface area contributed by atoms with Crippen LogP contribution in [0.2, 0.25) is 0 Å². The molecule has 0 aromatic heterocycles. The molecular weight excluding hydrogens is 448 g/mol. The quantitative estimate of drug-likeness (QED) is 0.549. The Kier molecular flexibility index (Phi) is 9.80. The van der Waals surface area contributed by atoms with Gasteiger partial charge >= 0.3 is 12.1 Å². The van der Waals surface area contributed by atoms with Gasteiger partial charge in [-0.25, -0.2) is 9.59 Å². The molecule has 0 spiro atoms. The summed E-state index contributed by atoms with van der Waals surface area (Å²) in [4.78, 5) is 26.7. The molecule has 1 heterocycles. The molecule has 0 radical (unpaired) electrons. The fourth-order valence-corrected chi connectivity index (χ4v) is 4.60. The summed E-state index contributed by atoms with van der Waals surface area (Å²) >= 11 is 0. The lowest BCUT2D eigenvalue weighted by Crippen LogP contribution is -2.45. The lowest BCUT2D eigenvalue weighted by Gasteiger charge is -2.35. The summed E-state index contributed by atoms with van der Waals surface area (Å²) in [7, 11) is 3.47. The number of nitrogens with zero attached hydrogens (tertiary/aromatic N) is 1. The van der Waals surface area contributed by atoms with Crippen molar-refractivity contribution in [3.63, 3.8) is 0 Å². The van der Waals surface area contributed by atoms with Crippen LogP contribution in [0, 0.1) is 0 Å². The van der Waals surface area contributed by atoms with Crippen LogP contribution in [0.25, 0.3) is 0 Å². The highest BCUT2D eigenvalue weighted by Crippen LogP contribution is 2.28. The summed E-state index contributed by atoms with van der Waals surface area (Å²) in [6, 6.07) is 6.83. The first-order valence-corrected chi connectivity index (χ1v) is 12.8. The number of alkyl carbamates (subject to hydrolysis) is 1. The minimum absolute atomic E-state index is 0.190. The largest absolute Gasteiger partial charge is 0.490 e.